The van der Waals surface area contributed by atoms with Gasteiger partial charge in [0, 0.05) is 12.5 Å². The summed E-state index contributed by atoms with van der Waals surface area (Å²) in [7, 11) is 1.61. The number of amides is 1. The number of rotatable bonds is 4. The third-order valence-corrected chi connectivity index (χ3v) is 2.32. The van der Waals surface area contributed by atoms with Gasteiger partial charge in [0.05, 0.1) is 42.9 Å². The SMILES string of the molecule is COCCn1ncc2c(NC(=O)O)cncc21. The van der Waals surface area contributed by atoms with Crippen LogP contribution in [0.4, 0.5) is 10.5 Å². The first-order valence-corrected chi connectivity index (χ1v) is 5.01. The second-order valence-corrected chi connectivity index (χ2v) is 3.41. The highest BCUT2D eigenvalue weighted by Gasteiger charge is 2.09. The molecule has 2 rings (SSSR count). The van der Waals surface area contributed by atoms with Crippen LogP contribution in [0.3, 0.4) is 0 Å². The highest BCUT2D eigenvalue weighted by Crippen LogP contribution is 2.21. The number of anilines is 1. The highest BCUT2D eigenvalue weighted by molar-refractivity contribution is 5.97. The van der Waals surface area contributed by atoms with Crippen LogP contribution < -0.4 is 5.32 Å². The molecule has 2 heterocycles. The first kappa shape index (κ1) is 11.3. The van der Waals surface area contributed by atoms with Gasteiger partial charge in [-0.15, -0.1) is 0 Å². The summed E-state index contributed by atoms with van der Waals surface area (Å²) in [6.07, 6.45) is 3.59. The summed E-state index contributed by atoms with van der Waals surface area (Å²) in [5.74, 6) is 0. The molecule has 17 heavy (non-hydrogen) atoms. The van der Waals surface area contributed by atoms with Crippen LogP contribution in [0.1, 0.15) is 0 Å². The van der Waals surface area contributed by atoms with Crippen LogP contribution in [0.25, 0.3) is 10.9 Å². The molecule has 0 aliphatic carbocycles. The van der Waals surface area contributed by atoms with Crippen molar-refractivity contribution < 1.29 is 14.6 Å². The molecule has 0 aliphatic rings. The maximum atomic E-state index is 10.6. The average molecular weight is 236 g/mol. The smallest absolute Gasteiger partial charge is 0.409 e. The van der Waals surface area contributed by atoms with Crippen molar-refractivity contribution in [2.75, 3.05) is 19.0 Å². The van der Waals surface area contributed by atoms with Gasteiger partial charge < -0.3 is 9.84 Å². The fourth-order valence-corrected chi connectivity index (χ4v) is 1.56. The molecule has 0 bridgehead atoms. The van der Waals surface area contributed by atoms with Crippen LogP contribution in [0.15, 0.2) is 18.6 Å². The molecular formula is C10H12N4O3. The third kappa shape index (κ3) is 2.34. The number of hydrogen-bond donors (Lipinski definition) is 2. The van der Waals surface area contributed by atoms with Crippen LogP contribution in [-0.4, -0.2) is 39.7 Å². The molecule has 90 valence electrons. The molecule has 2 aromatic heterocycles. The Kier molecular flexibility index (Phi) is 3.20. The van der Waals surface area contributed by atoms with Gasteiger partial charge in [0.1, 0.15) is 0 Å². The number of aromatic nitrogens is 3. The van der Waals surface area contributed by atoms with Crippen molar-refractivity contribution in [2.45, 2.75) is 6.54 Å². The molecule has 7 nitrogen and oxygen atoms in total. The zero-order valence-corrected chi connectivity index (χ0v) is 9.25. The lowest BCUT2D eigenvalue weighted by Gasteiger charge is -2.04. The number of ether oxygens (including phenoxy) is 1. The molecule has 2 aromatic rings. The van der Waals surface area contributed by atoms with Crippen molar-refractivity contribution in [2.24, 2.45) is 0 Å². The minimum atomic E-state index is -1.12. The normalized spacial score (nSPS) is 10.6. The van der Waals surface area contributed by atoms with Gasteiger partial charge in [0.25, 0.3) is 0 Å². The van der Waals surface area contributed by atoms with E-state index in [1.807, 2.05) is 0 Å². The summed E-state index contributed by atoms with van der Waals surface area (Å²) in [5.41, 5.74) is 1.20. The Labute approximate surface area is 97.0 Å². The molecule has 7 heteroatoms. The van der Waals surface area contributed by atoms with E-state index in [0.29, 0.717) is 18.8 Å². The molecular weight excluding hydrogens is 224 g/mol. The van der Waals surface area contributed by atoms with Gasteiger partial charge in [-0.1, -0.05) is 0 Å². The monoisotopic (exact) mass is 236 g/mol. The van der Waals surface area contributed by atoms with Crippen LogP contribution in [-0.2, 0) is 11.3 Å². The fraction of sp³-hybridized carbons (Fsp3) is 0.300. The van der Waals surface area contributed by atoms with Crippen molar-refractivity contribution in [3.63, 3.8) is 0 Å². The minimum absolute atomic E-state index is 0.429. The van der Waals surface area contributed by atoms with Gasteiger partial charge in [-0.05, 0) is 0 Å². The number of hydrogen-bond acceptors (Lipinski definition) is 4. The zero-order chi connectivity index (χ0) is 12.3. The molecule has 0 radical (unpaired) electrons. The molecule has 0 saturated carbocycles. The highest BCUT2D eigenvalue weighted by atomic mass is 16.5. The first-order chi connectivity index (χ1) is 8.22. The Morgan fingerprint density at radius 1 is 1.53 bits per heavy atom. The van der Waals surface area contributed by atoms with E-state index in [0.717, 1.165) is 10.9 Å². The quantitative estimate of drug-likeness (QED) is 0.831. The van der Waals surface area contributed by atoms with E-state index in [2.05, 4.69) is 15.4 Å². The molecule has 1 amide bonds. The van der Waals surface area contributed by atoms with Gasteiger partial charge >= 0.3 is 6.09 Å². The Morgan fingerprint density at radius 3 is 3.06 bits per heavy atom. The number of pyridine rings is 1. The van der Waals surface area contributed by atoms with E-state index < -0.39 is 6.09 Å². The van der Waals surface area contributed by atoms with E-state index in [4.69, 9.17) is 9.84 Å². The molecule has 0 unspecified atom stereocenters. The Bertz CT molecular complexity index is 537. The van der Waals surface area contributed by atoms with Gasteiger partial charge in [0.15, 0.2) is 0 Å². The fourth-order valence-electron chi connectivity index (χ4n) is 1.56. The number of carbonyl (C=O) groups is 1. The van der Waals surface area contributed by atoms with Crippen molar-refractivity contribution in [3.8, 4) is 0 Å². The van der Waals surface area contributed by atoms with Crippen LogP contribution in [0.5, 0.6) is 0 Å². The Morgan fingerprint density at radius 2 is 2.35 bits per heavy atom. The minimum Gasteiger partial charge on any atom is -0.465 e. The largest absolute Gasteiger partial charge is 0.465 e. The number of methoxy groups -OCH3 is 1. The second kappa shape index (κ2) is 4.79. The van der Waals surface area contributed by atoms with Crippen LogP contribution >= 0.6 is 0 Å². The Balaban J connectivity index is 2.38. The molecule has 0 aromatic carbocycles. The Hall–Kier alpha value is -2.15. The average Bonchev–Trinajstić information content (AvgIpc) is 2.70. The molecule has 0 fully saturated rings. The van der Waals surface area contributed by atoms with Gasteiger partial charge in [-0.3, -0.25) is 15.0 Å². The predicted octanol–water partition coefficient (Wildman–Crippen LogP) is 1.17. The summed E-state index contributed by atoms with van der Waals surface area (Å²) in [5, 5.41) is 15.9. The van der Waals surface area contributed by atoms with E-state index >= 15 is 0 Å². The summed E-state index contributed by atoms with van der Waals surface area (Å²) in [6, 6.07) is 0. The summed E-state index contributed by atoms with van der Waals surface area (Å²) in [4.78, 5) is 14.6. The standard InChI is InChI=1S/C10H12N4O3/c1-17-3-2-14-9-6-11-5-8(13-10(15)16)7(9)4-12-14/h4-6,13H,2-3H2,1H3,(H,15,16). The molecule has 0 saturated heterocycles. The number of fused-ring (bicyclic) bond motifs is 1. The van der Waals surface area contributed by atoms with Crippen molar-refractivity contribution >= 4 is 22.7 Å². The topological polar surface area (TPSA) is 89.3 Å². The maximum Gasteiger partial charge on any atom is 0.409 e. The van der Waals surface area contributed by atoms with E-state index in [9.17, 15) is 4.79 Å². The number of nitrogens with one attached hydrogen (secondary N) is 1. The molecule has 0 aliphatic heterocycles. The lowest BCUT2D eigenvalue weighted by Crippen LogP contribution is -2.08. The summed E-state index contributed by atoms with van der Waals surface area (Å²) in [6.45, 7) is 1.13. The van der Waals surface area contributed by atoms with E-state index in [1.165, 1.54) is 6.20 Å². The molecule has 0 spiro atoms. The predicted molar refractivity (Wildman–Crippen MR) is 61.1 cm³/mol. The summed E-state index contributed by atoms with van der Waals surface area (Å²) >= 11 is 0. The molecule has 2 N–H and O–H groups in total. The van der Waals surface area contributed by atoms with Gasteiger partial charge in [-0.2, -0.15) is 5.10 Å². The number of carboxylic acid groups (broad SMARTS) is 1. The lowest BCUT2D eigenvalue weighted by atomic mass is 10.3. The van der Waals surface area contributed by atoms with Gasteiger partial charge in [-0.25, -0.2) is 4.79 Å². The van der Waals surface area contributed by atoms with Gasteiger partial charge in [0.2, 0.25) is 0 Å². The van der Waals surface area contributed by atoms with E-state index in [1.54, 1.807) is 24.2 Å². The lowest BCUT2D eigenvalue weighted by molar-refractivity contribution is 0.185. The maximum absolute atomic E-state index is 10.6. The summed E-state index contributed by atoms with van der Waals surface area (Å²) < 4.78 is 6.69. The first-order valence-electron chi connectivity index (χ1n) is 5.01. The number of nitrogens with zero attached hydrogens (tertiary/aromatic N) is 3. The zero-order valence-electron chi connectivity index (χ0n) is 9.25. The third-order valence-electron chi connectivity index (χ3n) is 2.32. The second-order valence-electron chi connectivity index (χ2n) is 3.41. The van der Waals surface area contributed by atoms with Crippen molar-refractivity contribution in [3.05, 3.63) is 18.6 Å². The van der Waals surface area contributed by atoms with Crippen LogP contribution in [0, 0.1) is 0 Å². The molecule has 0 atom stereocenters. The van der Waals surface area contributed by atoms with E-state index in [-0.39, 0.29) is 0 Å². The van der Waals surface area contributed by atoms with Crippen molar-refractivity contribution in [1.82, 2.24) is 14.8 Å². The van der Waals surface area contributed by atoms with Crippen molar-refractivity contribution in [1.29, 1.82) is 0 Å². The van der Waals surface area contributed by atoms with Crippen LogP contribution in [0.2, 0.25) is 0 Å².